The van der Waals surface area contributed by atoms with Crippen LogP contribution in [0.25, 0.3) is 0 Å². The van der Waals surface area contributed by atoms with Gasteiger partial charge in [-0.25, -0.2) is 0 Å². The van der Waals surface area contributed by atoms with Crippen molar-refractivity contribution in [2.75, 3.05) is 33.8 Å². The normalized spacial score (nSPS) is 11.0. The Balaban J connectivity index is 2.32. The van der Waals surface area contributed by atoms with Gasteiger partial charge in [0.2, 0.25) is 0 Å². The van der Waals surface area contributed by atoms with Crippen LogP contribution in [-0.4, -0.2) is 38.7 Å². The van der Waals surface area contributed by atoms with Crippen LogP contribution in [0.15, 0.2) is 18.2 Å². The molecule has 3 nitrogen and oxygen atoms in total. The molecule has 0 spiro atoms. The van der Waals surface area contributed by atoms with E-state index in [9.17, 15) is 0 Å². The maximum absolute atomic E-state index is 6.19. The van der Waals surface area contributed by atoms with Crippen LogP contribution in [0.5, 0.6) is 5.75 Å². The van der Waals surface area contributed by atoms with E-state index in [4.69, 9.17) is 16.3 Å². The zero-order valence-electron chi connectivity index (χ0n) is 12.2. The van der Waals surface area contributed by atoms with Crippen LogP contribution in [0.2, 0.25) is 5.02 Å². The van der Waals surface area contributed by atoms with Gasteiger partial charge in [0.15, 0.2) is 0 Å². The Kier molecular flexibility index (Phi) is 7.87. The lowest BCUT2D eigenvalue weighted by Gasteiger charge is -2.11. The minimum atomic E-state index is 0.695. The van der Waals surface area contributed by atoms with Crippen LogP contribution in [-0.2, 0) is 6.54 Å². The fourth-order valence-corrected chi connectivity index (χ4v) is 1.99. The molecule has 0 aromatic heterocycles. The highest BCUT2D eigenvalue weighted by Crippen LogP contribution is 2.25. The number of hydrogen-bond acceptors (Lipinski definition) is 3. The molecule has 0 radical (unpaired) electrons. The van der Waals surface area contributed by atoms with E-state index in [1.54, 1.807) is 0 Å². The molecule has 0 saturated heterocycles. The first-order valence-electron chi connectivity index (χ1n) is 6.90. The van der Waals surface area contributed by atoms with Crippen LogP contribution in [0.1, 0.15) is 25.3 Å². The molecule has 19 heavy (non-hydrogen) atoms. The highest BCUT2D eigenvalue weighted by atomic mass is 35.5. The number of nitrogens with zero attached hydrogens (tertiary/aromatic N) is 1. The SMILES string of the molecule is CCCOc1ccc(CNCCCN(C)C)cc1Cl. The molecule has 0 aliphatic rings. The predicted molar refractivity (Wildman–Crippen MR) is 82.1 cm³/mol. The molecule has 1 rings (SSSR count). The van der Waals surface area contributed by atoms with Crippen molar-refractivity contribution in [1.82, 2.24) is 10.2 Å². The van der Waals surface area contributed by atoms with Gasteiger partial charge in [-0.2, -0.15) is 0 Å². The molecule has 0 fully saturated rings. The van der Waals surface area contributed by atoms with E-state index in [0.29, 0.717) is 11.6 Å². The highest BCUT2D eigenvalue weighted by Gasteiger charge is 2.02. The van der Waals surface area contributed by atoms with E-state index in [-0.39, 0.29) is 0 Å². The molecule has 0 heterocycles. The van der Waals surface area contributed by atoms with Crippen molar-refractivity contribution in [3.8, 4) is 5.75 Å². The van der Waals surface area contributed by atoms with Crippen molar-refractivity contribution in [2.45, 2.75) is 26.3 Å². The smallest absolute Gasteiger partial charge is 0.137 e. The van der Waals surface area contributed by atoms with Gasteiger partial charge in [0.25, 0.3) is 0 Å². The Bertz CT molecular complexity index is 369. The summed E-state index contributed by atoms with van der Waals surface area (Å²) in [5.41, 5.74) is 1.19. The molecule has 1 aromatic rings. The molecule has 0 unspecified atom stereocenters. The summed E-state index contributed by atoms with van der Waals surface area (Å²) in [6.07, 6.45) is 2.14. The fourth-order valence-electron chi connectivity index (χ4n) is 1.74. The van der Waals surface area contributed by atoms with Crippen LogP contribution < -0.4 is 10.1 Å². The molecule has 0 atom stereocenters. The third kappa shape index (κ3) is 6.81. The van der Waals surface area contributed by atoms with Crippen LogP contribution >= 0.6 is 11.6 Å². The summed E-state index contributed by atoms with van der Waals surface area (Å²) >= 11 is 6.19. The minimum Gasteiger partial charge on any atom is -0.492 e. The number of halogens is 1. The number of ether oxygens (including phenoxy) is 1. The lowest BCUT2D eigenvalue weighted by molar-refractivity contribution is 0.317. The monoisotopic (exact) mass is 284 g/mol. The summed E-state index contributed by atoms with van der Waals surface area (Å²) in [5, 5.41) is 4.12. The summed E-state index contributed by atoms with van der Waals surface area (Å²) < 4.78 is 5.55. The van der Waals surface area contributed by atoms with E-state index < -0.39 is 0 Å². The average molecular weight is 285 g/mol. The molecule has 0 amide bonds. The van der Waals surface area contributed by atoms with Crippen LogP contribution in [0, 0.1) is 0 Å². The second kappa shape index (κ2) is 9.18. The summed E-state index contributed by atoms with van der Waals surface area (Å²) in [6.45, 7) is 5.77. The van der Waals surface area contributed by atoms with Crippen LogP contribution in [0.4, 0.5) is 0 Å². The number of hydrogen-bond donors (Lipinski definition) is 1. The molecule has 0 aliphatic heterocycles. The second-order valence-corrected chi connectivity index (χ2v) is 5.35. The maximum Gasteiger partial charge on any atom is 0.137 e. The first-order chi connectivity index (χ1) is 9.13. The van der Waals surface area contributed by atoms with E-state index in [1.165, 1.54) is 5.56 Å². The molecule has 0 bridgehead atoms. The number of benzene rings is 1. The van der Waals surface area contributed by atoms with Crippen molar-refractivity contribution < 1.29 is 4.74 Å². The van der Waals surface area contributed by atoms with E-state index in [2.05, 4.69) is 37.3 Å². The summed E-state index contributed by atoms with van der Waals surface area (Å²) in [4.78, 5) is 2.19. The van der Waals surface area contributed by atoms with Crippen molar-refractivity contribution >= 4 is 11.6 Å². The molecule has 0 saturated carbocycles. The van der Waals surface area contributed by atoms with Crippen molar-refractivity contribution in [2.24, 2.45) is 0 Å². The Morgan fingerprint density at radius 2 is 2.11 bits per heavy atom. The molecule has 1 aromatic carbocycles. The van der Waals surface area contributed by atoms with Gasteiger partial charge in [-0.05, 0) is 57.7 Å². The maximum atomic E-state index is 6.19. The van der Waals surface area contributed by atoms with Gasteiger partial charge in [-0.1, -0.05) is 24.6 Å². The minimum absolute atomic E-state index is 0.695. The van der Waals surface area contributed by atoms with Gasteiger partial charge in [-0.15, -0.1) is 0 Å². The zero-order valence-corrected chi connectivity index (χ0v) is 13.0. The van der Waals surface area contributed by atoms with Gasteiger partial charge in [0.1, 0.15) is 5.75 Å². The van der Waals surface area contributed by atoms with Crippen molar-refractivity contribution in [3.05, 3.63) is 28.8 Å². The Hall–Kier alpha value is -0.770. The van der Waals surface area contributed by atoms with Gasteiger partial charge in [0.05, 0.1) is 11.6 Å². The van der Waals surface area contributed by atoms with E-state index in [0.717, 1.165) is 38.2 Å². The first-order valence-corrected chi connectivity index (χ1v) is 7.28. The number of rotatable bonds is 9. The molecule has 0 aliphatic carbocycles. The fraction of sp³-hybridized carbons (Fsp3) is 0.600. The summed E-state index contributed by atoms with van der Waals surface area (Å²) in [6, 6.07) is 6.00. The van der Waals surface area contributed by atoms with Gasteiger partial charge < -0.3 is 15.0 Å². The third-order valence-electron chi connectivity index (χ3n) is 2.75. The van der Waals surface area contributed by atoms with Gasteiger partial charge in [-0.3, -0.25) is 0 Å². The van der Waals surface area contributed by atoms with E-state index >= 15 is 0 Å². The van der Waals surface area contributed by atoms with Crippen molar-refractivity contribution in [3.63, 3.8) is 0 Å². The van der Waals surface area contributed by atoms with Crippen LogP contribution in [0.3, 0.4) is 0 Å². The third-order valence-corrected chi connectivity index (χ3v) is 3.04. The zero-order chi connectivity index (χ0) is 14.1. The average Bonchev–Trinajstić information content (AvgIpc) is 2.37. The Morgan fingerprint density at radius 1 is 1.32 bits per heavy atom. The first kappa shape index (κ1) is 16.3. The number of nitrogens with one attached hydrogen (secondary N) is 1. The van der Waals surface area contributed by atoms with E-state index in [1.807, 2.05) is 12.1 Å². The largest absolute Gasteiger partial charge is 0.492 e. The molecule has 4 heteroatoms. The standard InChI is InChI=1S/C15H25ClN2O/c1-4-10-19-15-7-6-13(11-14(15)16)12-17-8-5-9-18(2)3/h6-7,11,17H,4-5,8-10,12H2,1-3H3. The summed E-state index contributed by atoms with van der Waals surface area (Å²) in [7, 11) is 4.18. The lowest BCUT2D eigenvalue weighted by atomic mass is 10.2. The topological polar surface area (TPSA) is 24.5 Å². The second-order valence-electron chi connectivity index (χ2n) is 4.95. The molecular weight excluding hydrogens is 260 g/mol. The quantitative estimate of drug-likeness (QED) is 0.705. The predicted octanol–water partition coefficient (Wildman–Crippen LogP) is 3.17. The molecular formula is C15H25ClN2O. The van der Waals surface area contributed by atoms with Crippen molar-refractivity contribution in [1.29, 1.82) is 0 Å². The Labute approximate surface area is 121 Å². The Morgan fingerprint density at radius 3 is 2.74 bits per heavy atom. The highest BCUT2D eigenvalue weighted by molar-refractivity contribution is 6.32. The summed E-state index contributed by atoms with van der Waals surface area (Å²) in [5.74, 6) is 0.778. The van der Waals surface area contributed by atoms with Gasteiger partial charge in [0, 0.05) is 6.54 Å². The lowest BCUT2D eigenvalue weighted by Crippen LogP contribution is -2.21. The molecule has 1 N–H and O–H groups in total. The molecule has 108 valence electrons. The van der Waals surface area contributed by atoms with Gasteiger partial charge >= 0.3 is 0 Å².